The van der Waals surface area contributed by atoms with Crippen molar-refractivity contribution in [3.8, 4) is 0 Å². The second kappa shape index (κ2) is 9.14. The summed E-state index contributed by atoms with van der Waals surface area (Å²) in [6, 6.07) is 16.7. The molecule has 1 aliphatic rings. The highest BCUT2D eigenvalue weighted by Crippen LogP contribution is 2.14. The third-order valence-corrected chi connectivity index (χ3v) is 5.56. The molecule has 3 aromatic rings. The largest absolute Gasteiger partial charge is 0.426 e. The van der Waals surface area contributed by atoms with Gasteiger partial charge in [-0.1, -0.05) is 42.5 Å². The van der Waals surface area contributed by atoms with Crippen LogP contribution in [0.25, 0.3) is 17.2 Å². The summed E-state index contributed by atoms with van der Waals surface area (Å²) in [6.45, 7) is 4.99. The van der Waals surface area contributed by atoms with Crippen LogP contribution in [0.3, 0.4) is 0 Å². The van der Waals surface area contributed by atoms with Crippen LogP contribution in [-0.2, 0) is 4.79 Å². The highest BCUT2D eigenvalue weighted by molar-refractivity contribution is 5.97. The lowest BCUT2D eigenvalue weighted by atomic mass is 10.1. The molecular formula is C24H25N3O4. The maximum Gasteiger partial charge on any atom is 0.426 e. The average molecular weight is 419 g/mol. The van der Waals surface area contributed by atoms with Gasteiger partial charge in [0.2, 0.25) is 11.8 Å². The highest BCUT2D eigenvalue weighted by Gasteiger charge is 2.23. The molecular weight excluding hydrogens is 394 g/mol. The SMILES string of the molecule is CC(=Cc1ccccc1)C(=O)N1CCN(CCC(=O)n2c(=O)oc3ccccc32)CC1. The number of carbonyl (C=O) groups is 2. The number of nitrogens with zero attached hydrogens (tertiary/aromatic N) is 3. The van der Waals surface area contributed by atoms with E-state index < -0.39 is 5.76 Å². The van der Waals surface area contributed by atoms with Gasteiger partial charge in [0.1, 0.15) is 0 Å². The second-order valence-corrected chi connectivity index (χ2v) is 7.69. The van der Waals surface area contributed by atoms with E-state index in [1.807, 2.05) is 48.2 Å². The van der Waals surface area contributed by atoms with Gasteiger partial charge in [0.25, 0.3) is 0 Å². The molecule has 0 spiro atoms. The molecule has 1 fully saturated rings. The smallest absolute Gasteiger partial charge is 0.407 e. The van der Waals surface area contributed by atoms with Crippen molar-refractivity contribution in [3.63, 3.8) is 0 Å². The summed E-state index contributed by atoms with van der Waals surface area (Å²) in [5.74, 6) is -0.895. The van der Waals surface area contributed by atoms with E-state index in [9.17, 15) is 14.4 Å². The molecule has 2 aromatic carbocycles. The molecule has 0 N–H and O–H groups in total. The zero-order valence-electron chi connectivity index (χ0n) is 17.5. The first kappa shape index (κ1) is 20.8. The van der Waals surface area contributed by atoms with Crippen LogP contribution in [0.4, 0.5) is 0 Å². The Morgan fingerprint density at radius 1 is 0.968 bits per heavy atom. The second-order valence-electron chi connectivity index (χ2n) is 7.69. The van der Waals surface area contributed by atoms with E-state index >= 15 is 0 Å². The molecule has 0 atom stereocenters. The molecule has 1 aliphatic heterocycles. The number of carbonyl (C=O) groups excluding carboxylic acids is 2. The fourth-order valence-corrected chi connectivity index (χ4v) is 3.85. The van der Waals surface area contributed by atoms with Crippen LogP contribution in [0.5, 0.6) is 0 Å². The molecule has 1 amide bonds. The molecule has 4 rings (SSSR count). The van der Waals surface area contributed by atoms with Crippen LogP contribution in [0.1, 0.15) is 23.7 Å². The van der Waals surface area contributed by atoms with E-state index in [0.29, 0.717) is 49.4 Å². The molecule has 7 heteroatoms. The van der Waals surface area contributed by atoms with E-state index in [2.05, 4.69) is 4.90 Å². The predicted molar refractivity (Wildman–Crippen MR) is 119 cm³/mol. The summed E-state index contributed by atoms with van der Waals surface area (Å²) in [5, 5.41) is 0. The first-order chi connectivity index (χ1) is 15.0. The number of fused-ring (bicyclic) bond motifs is 1. The summed E-state index contributed by atoms with van der Waals surface area (Å²) in [4.78, 5) is 41.4. The van der Waals surface area contributed by atoms with Crippen molar-refractivity contribution < 1.29 is 14.0 Å². The number of piperazine rings is 1. The predicted octanol–water partition coefficient (Wildman–Crippen LogP) is 2.87. The number of hydrogen-bond donors (Lipinski definition) is 0. The Morgan fingerprint density at radius 2 is 1.65 bits per heavy atom. The fraction of sp³-hybridized carbons (Fsp3) is 0.292. The number of rotatable bonds is 5. The van der Waals surface area contributed by atoms with Gasteiger partial charge in [-0.3, -0.25) is 14.5 Å². The standard InChI is InChI=1S/C24H25N3O4/c1-18(17-19-7-3-2-4-8-19)23(29)26-15-13-25(14-16-26)12-11-22(28)27-20-9-5-6-10-21(20)31-24(27)30/h2-10,17H,11-16H2,1H3. The van der Waals surface area contributed by atoms with E-state index in [0.717, 1.165) is 10.1 Å². The van der Waals surface area contributed by atoms with Crippen molar-refractivity contribution in [1.29, 1.82) is 0 Å². The number of hydrogen-bond acceptors (Lipinski definition) is 5. The van der Waals surface area contributed by atoms with Crippen molar-refractivity contribution in [2.24, 2.45) is 0 Å². The molecule has 0 saturated carbocycles. The van der Waals surface area contributed by atoms with Gasteiger partial charge in [0, 0.05) is 44.7 Å². The number of benzene rings is 2. The molecule has 1 saturated heterocycles. The van der Waals surface area contributed by atoms with Crippen LogP contribution < -0.4 is 5.76 Å². The Labute approximate surface area is 180 Å². The van der Waals surface area contributed by atoms with Crippen LogP contribution in [0.2, 0.25) is 0 Å². The lowest BCUT2D eigenvalue weighted by molar-refractivity contribution is -0.128. The number of amides is 1. The van der Waals surface area contributed by atoms with Gasteiger partial charge in [-0.15, -0.1) is 0 Å². The molecule has 0 bridgehead atoms. The Balaban J connectivity index is 1.31. The van der Waals surface area contributed by atoms with Gasteiger partial charge in [0.05, 0.1) is 5.52 Å². The minimum atomic E-state index is -0.651. The Morgan fingerprint density at radius 3 is 2.39 bits per heavy atom. The minimum Gasteiger partial charge on any atom is -0.407 e. The van der Waals surface area contributed by atoms with Crippen LogP contribution in [-0.4, -0.2) is 58.9 Å². The van der Waals surface area contributed by atoms with E-state index in [4.69, 9.17) is 4.42 Å². The zero-order valence-corrected chi connectivity index (χ0v) is 17.5. The topological polar surface area (TPSA) is 75.8 Å². The Hall–Kier alpha value is -3.45. The summed E-state index contributed by atoms with van der Waals surface area (Å²) >= 11 is 0. The molecule has 0 unspecified atom stereocenters. The van der Waals surface area contributed by atoms with Gasteiger partial charge in [0.15, 0.2) is 5.58 Å². The normalized spacial score (nSPS) is 15.4. The Bertz CT molecular complexity index is 1170. The summed E-state index contributed by atoms with van der Waals surface area (Å²) in [5.41, 5.74) is 2.62. The van der Waals surface area contributed by atoms with Gasteiger partial charge in [-0.25, -0.2) is 9.36 Å². The van der Waals surface area contributed by atoms with Crippen molar-refractivity contribution >= 4 is 29.0 Å². The third-order valence-electron chi connectivity index (χ3n) is 5.56. The van der Waals surface area contributed by atoms with E-state index in [1.54, 1.807) is 24.3 Å². The van der Waals surface area contributed by atoms with Gasteiger partial charge in [-0.2, -0.15) is 0 Å². The van der Waals surface area contributed by atoms with E-state index in [1.165, 1.54) is 0 Å². The maximum atomic E-state index is 12.7. The summed E-state index contributed by atoms with van der Waals surface area (Å²) < 4.78 is 6.24. The van der Waals surface area contributed by atoms with Crippen LogP contribution in [0, 0.1) is 0 Å². The van der Waals surface area contributed by atoms with Gasteiger partial charge >= 0.3 is 5.76 Å². The zero-order chi connectivity index (χ0) is 21.8. The van der Waals surface area contributed by atoms with Crippen molar-refractivity contribution in [1.82, 2.24) is 14.4 Å². The lowest BCUT2D eigenvalue weighted by Crippen LogP contribution is -2.49. The average Bonchev–Trinajstić information content (AvgIpc) is 3.13. The van der Waals surface area contributed by atoms with Crippen molar-refractivity contribution in [2.45, 2.75) is 13.3 Å². The number of para-hydroxylation sites is 2. The molecule has 7 nitrogen and oxygen atoms in total. The summed E-state index contributed by atoms with van der Waals surface area (Å²) in [6.07, 6.45) is 2.12. The number of oxazole rings is 1. The Kier molecular flexibility index (Phi) is 6.13. The first-order valence-electron chi connectivity index (χ1n) is 10.4. The van der Waals surface area contributed by atoms with Crippen molar-refractivity contribution in [2.75, 3.05) is 32.7 Å². The number of aromatic nitrogens is 1. The van der Waals surface area contributed by atoms with Crippen LogP contribution >= 0.6 is 0 Å². The maximum absolute atomic E-state index is 12.7. The van der Waals surface area contributed by atoms with Gasteiger partial charge < -0.3 is 9.32 Å². The fourth-order valence-electron chi connectivity index (χ4n) is 3.85. The molecule has 31 heavy (non-hydrogen) atoms. The molecule has 1 aromatic heterocycles. The minimum absolute atomic E-state index is 0.0380. The van der Waals surface area contributed by atoms with Gasteiger partial charge in [-0.05, 0) is 30.7 Å². The molecule has 160 valence electrons. The van der Waals surface area contributed by atoms with E-state index in [-0.39, 0.29) is 18.2 Å². The lowest BCUT2D eigenvalue weighted by Gasteiger charge is -2.34. The molecule has 2 heterocycles. The summed E-state index contributed by atoms with van der Waals surface area (Å²) in [7, 11) is 0. The van der Waals surface area contributed by atoms with Crippen molar-refractivity contribution in [3.05, 3.63) is 76.3 Å². The quantitative estimate of drug-likeness (QED) is 0.595. The van der Waals surface area contributed by atoms with Crippen LogP contribution in [0.15, 0.2) is 69.4 Å². The monoisotopic (exact) mass is 419 g/mol. The molecule has 0 aliphatic carbocycles. The third kappa shape index (κ3) is 4.67. The highest BCUT2D eigenvalue weighted by atomic mass is 16.4. The molecule has 0 radical (unpaired) electrons. The first-order valence-corrected chi connectivity index (χ1v) is 10.4.